The van der Waals surface area contributed by atoms with Gasteiger partial charge in [-0.1, -0.05) is 31.4 Å². The highest BCUT2D eigenvalue weighted by molar-refractivity contribution is 5.72. The van der Waals surface area contributed by atoms with Gasteiger partial charge in [-0.05, 0) is 25.0 Å². The van der Waals surface area contributed by atoms with Crippen LogP contribution in [0.25, 0.3) is 11.1 Å². The summed E-state index contributed by atoms with van der Waals surface area (Å²) in [6.07, 6.45) is 5.94. The number of rotatable bonds is 1. The number of nitrogens with zero attached hydrogens (tertiary/aromatic N) is 1. The van der Waals surface area contributed by atoms with Crippen LogP contribution < -0.4 is 5.73 Å². The minimum atomic E-state index is 0.200. The van der Waals surface area contributed by atoms with Crippen LogP contribution in [-0.2, 0) is 0 Å². The first-order valence-corrected chi connectivity index (χ1v) is 6.45. The quantitative estimate of drug-likeness (QED) is 0.765. The van der Waals surface area contributed by atoms with E-state index in [0.29, 0.717) is 5.92 Å². The first-order valence-electron chi connectivity index (χ1n) is 6.45. The van der Waals surface area contributed by atoms with Crippen molar-refractivity contribution in [2.24, 2.45) is 5.73 Å². The molecule has 0 radical (unpaired) electrons. The van der Waals surface area contributed by atoms with Crippen molar-refractivity contribution in [3.05, 3.63) is 30.2 Å². The van der Waals surface area contributed by atoms with Gasteiger partial charge in [0.05, 0.1) is 5.92 Å². The molecule has 1 fully saturated rings. The molecule has 90 valence electrons. The summed E-state index contributed by atoms with van der Waals surface area (Å²) in [5.74, 6) is 1.13. The van der Waals surface area contributed by atoms with Gasteiger partial charge in [-0.2, -0.15) is 0 Å². The standard InChI is InChI=1S/C14H18N2O/c15-11-7-3-1-2-6-10(11)14-16-12-8-4-5-9-13(12)17-14/h4-5,8-11H,1-3,6-7,15H2. The molecule has 3 heteroatoms. The first kappa shape index (κ1) is 10.8. The molecular weight excluding hydrogens is 212 g/mol. The summed E-state index contributed by atoms with van der Waals surface area (Å²) in [5, 5.41) is 0. The van der Waals surface area contributed by atoms with E-state index in [2.05, 4.69) is 4.98 Å². The van der Waals surface area contributed by atoms with E-state index in [9.17, 15) is 0 Å². The normalized spacial score (nSPS) is 25.9. The van der Waals surface area contributed by atoms with Gasteiger partial charge in [0, 0.05) is 6.04 Å². The number of para-hydroxylation sites is 2. The van der Waals surface area contributed by atoms with Crippen LogP contribution in [0.15, 0.2) is 28.7 Å². The van der Waals surface area contributed by atoms with Crippen molar-refractivity contribution in [1.29, 1.82) is 0 Å². The molecule has 1 heterocycles. The van der Waals surface area contributed by atoms with Crippen molar-refractivity contribution in [2.75, 3.05) is 0 Å². The van der Waals surface area contributed by atoms with Crippen LogP contribution in [0.3, 0.4) is 0 Å². The lowest BCUT2D eigenvalue weighted by molar-refractivity contribution is 0.402. The van der Waals surface area contributed by atoms with E-state index in [-0.39, 0.29) is 6.04 Å². The summed E-state index contributed by atoms with van der Waals surface area (Å²) in [6.45, 7) is 0. The minimum Gasteiger partial charge on any atom is -0.440 e. The Kier molecular flexibility index (Phi) is 2.85. The molecule has 1 aromatic heterocycles. The average Bonchev–Trinajstić information content (AvgIpc) is 2.65. The molecule has 0 spiro atoms. The fourth-order valence-electron chi connectivity index (χ4n) is 2.69. The number of fused-ring (bicyclic) bond motifs is 1. The predicted octanol–water partition coefficient (Wildman–Crippen LogP) is 3.20. The molecule has 17 heavy (non-hydrogen) atoms. The fraction of sp³-hybridized carbons (Fsp3) is 0.500. The molecule has 1 aromatic carbocycles. The van der Waals surface area contributed by atoms with Gasteiger partial charge in [-0.15, -0.1) is 0 Å². The Morgan fingerprint density at radius 1 is 1.12 bits per heavy atom. The Bertz CT molecular complexity index is 473. The van der Waals surface area contributed by atoms with Gasteiger partial charge < -0.3 is 10.2 Å². The highest BCUT2D eigenvalue weighted by Crippen LogP contribution is 2.32. The molecule has 0 amide bonds. The molecule has 3 nitrogen and oxygen atoms in total. The number of nitrogens with two attached hydrogens (primary N) is 1. The van der Waals surface area contributed by atoms with Gasteiger partial charge in [-0.3, -0.25) is 0 Å². The molecule has 2 N–H and O–H groups in total. The van der Waals surface area contributed by atoms with Gasteiger partial charge in [0.1, 0.15) is 5.52 Å². The van der Waals surface area contributed by atoms with E-state index >= 15 is 0 Å². The monoisotopic (exact) mass is 230 g/mol. The van der Waals surface area contributed by atoms with Gasteiger partial charge >= 0.3 is 0 Å². The van der Waals surface area contributed by atoms with Crippen molar-refractivity contribution in [3.63, 3.8) is 0 Å². The summed E-state index contributed by atoms with van der Waals surface area (Å²) in [4.78, 5) is 4.58. The van der Waals surface area contributed by atoms with Crippen LogP contribution in [0.5, 0.6) is 0 Å². The van der Waals surface area contributed by atoms with Crippen LogP contribution >= 0.6 is 0 Å². The topological polar surface area (TPSA) is 52.0 Å². The van der Waals surface area contributed by atoms with Gasteiger partial charge in [0.25, 0.3) is 0 Å². The second-order valence-corrected chi connectivity index (χ2v) is 4.93. The number of oxazole rings is 1. The van der Waals surface area contributed by atoms with Crippen molar-refractivity contribution in [3.8, 4) is 0 Å². The molecular formula is C14H18N2O. The third kappa shape index (κ3) is 2.07. The zero-order chi connectivity index (χ0) is 11.7. The Hall–Kier alpha value is -1.35. The minimum absolute atomic E-state index is 0.200. The summed E-state index contributed by atoms with van der Waals surface area (Å²) >= 11 is 0. The number of hydrogen-bond donors (Lipinski definition) is 1. The SMILES string of the molecule is NC1CCCCCC1c1nc2ccccc2o1. The fourth-order valence-corrected chi connectivity index (χ4v) is 2.69. The Labute approximate surface area is 101 Å². The van der Waals surface area contributed by atoms with Crippen molar-refractivity contribution < 1.29 is 4.42 Å². The Morgan fingerprint density at radius 3 is 2.82 bits per heavy atom. The average molecular weight is 230 g/mol. The third-order valence-corrected chi connectivity index (χ3v) is 3.70. The molecule has 1 aliphatic rings. The molecule has 0 bridgehead atoms. The van der Waals surface area contributed by atoms with Crippen LogP contribution in [0.2, 0.25) is 0 Å². The van der Waals surface area contributed by atoms with Crippen LogP contribution in [0.1, 0.15) is 43.9 Å². The summed E-state index contributed by atoms with van der Waals surface area (Å²) < 4.78 is 5.84. The smallest absolute Gasteiger partial charge is 0.200 e. The Balaban J connectivity index is 1.95. The molecule has 2 aromatic rings. The van der Waals surface area contributed by atoms with Crippen molar-refractivity contribution >= 4 is 11.1 Å². The maximum atomic E-state index is 6.23. The molecule has 0 aliphatic heterocycles. The van der Waals surface area contributed by atoms with E-state index in [1.54, 1.807) is 0 Å². The third-order valence-electron chi connectivity index (χ3n) is 3.70. The second kappa shape index (κ2) is 4.49. The first-order chi connectivity index (χ1) is 8.34. The zero-order valence-corrected chi connectivity index (χ0v) is 9.93. The zero-order valence-electron chi connectivity index (χ0n) is 9.93. The van der Waals surface area contributed by atoms with E-state index in [1.807, 2.05) is 24.3 Å². The second-order valence-electron chi connectivity index (χ2n) is 4.93. The van der Waals surface area contributed by atoms with E-state index < -0.39 is 0 Å². The Morgan fingerprint density at radius 2 is 1.94 bits per heavy atom. The molecule has 3 rings (SSSR count). The highest BCUT2D eigenvalue weighted by Gasteiger charge is 2.26. The van der Waals surface area contributed by atoms with Gasteiger partial charge in [0.15, 0.2) is 11.5 Å². The van der Waals surface area contributed by atoms with Crippen molar-refractivity contribution in [2.45, 2.75) is 44.1 Å². The lowest BCUT2D eigenvalue weighted by Gasteiger charge is -2.17. The van der Waals surface area contributed by atoms with E-state index in [0.717, 1.165) is 29.8 Å². The van der Waals surface area contributed by atoms with Crippen LogP contribution in [0, 0.1) is 0 Å². The van der Waals surface area contributed by atoms with E-state index in [4.69, 9.17) is 10.2 Å². The summed E-state index contributed by atoms with van der Waals surface area (Å²) in [5.41, 5.74) is 8.05. The lowest BCUT2D eigenvalue weighted by Crippen LogP contribution is -2.27. The highest BCUT2D eigenvalue weighted by atomic mass is 16.3. The molecule has 1 saturated carbocycles. The summed E-state index contributed by atoms with van der Waals surface area (Å²) in [7, 11) is 0. The molecule has 0 saturated heterocycles. The predicted molar refractivity (Wildman–Crippen MR) is 67.8 cm³/mol. The number of hydrogen-bond acceptors (Lipinski definition) is 3. The molecule has 1 aliphatic carbocycles. The maximum Gasteiger partial charge on any atom is 0.200 e. The molecule has 2 unspecified atom stereocenters. The summed E-state index contributed by atoms with van der Waals surface area (Å²) in [6, 6.07) is 8.12. The van der Waals surface area contributed by atoms with Gasteiger partial charge in [-0.25, -0.2) is 4.98 Å². The largest absolute Gasteiger partial charge is 0.440 e. The molecule has 2 atom stereocenters. The van der Waals surface area contributed by atoms with Gasteiger partial charge in [0.2, 0.25) is 0 Å². The lowest BCUT2D eigenvalue weighted by atomic mass is 9.95. The van der Waals surface area contributed by atoms with Crippen LogP contribution in [-0.4, -0.2) is 11.0 Å². The van der Waals surface area contributed by atoms with Crippen molar-refractivity contribution in [1.82, 2.24) is 4.98 Å². The van der Waals surface area contributed by atoms with Crippen LogP contribution in [0.4, 0.5) is 0 Å². The maximum absolute atomic E-state index is 6.23. The number of aromatic nitrogens is 1. The van der Waals surface area contributed by atoms with E-state index in [1.165, 1.54) is 19.3 Å². The number of benzene rings is 1.